The van der Waals surface area contributed by atoms with Crippen molar-refractivity contribution in [3.8, 4) is 6.07 Å². The molecule has 4 heteroatoms. The third-order valence-corrected chi connectivity index (χ3v) is 1.19. The maximum absolute atomic E-state index is 8.65. The van der Waals surface area contributed by atoms with Gasteiger partial charge in [0.15, 0.2) is 0 Å². The maximum Gasteiger partial charge on any atom is 0.127 e. The van der Waals surface area contributed by atoms with Crippen LogP contribution in [0.1, 0.15) is 6.92 Å². The van der Waals surface area contributed by atoms with Crippen LogP contribution in [0.25, 0.3) is 0 Å². The number of aliphatic hydroxyl groups is 2. The SMILES string of the molecule is CC(C#N)(CO)NCCO. The monoisotopic (exact) mass is 144 g/mol. The van der Waals surface area contributed by atoms with Gasteiger partial charge in [-0.15, -0.1) is 0 Å². The number of hydrogen-bond donors (Lipinski definition) is 3. The fourth-order valence-corrected chi connectivity index (χ4v) is 0.463. The molecule has 0 aliphatic heterocycles. The van der Waals surface area contributed by atoms with Crippen LogP contribution < -0.4 is 5.32 Å². The summed E-state index contributed by atoms with van der Waals surface area (Å²) in [5.41, 5.74) is -0.914. The van der Waals surface area contributed by atoms with Crippen LogP contribution in [0.5, 0.6) is 0 Å². The van der Waals surface area contributed by atoms with E-state index in [1.54, 1.807) is 6.92 Å². The molecule has 3 N–H and O–H groups in total. The van der Waals surface area contributed by atoms with Gasteiger partial charge in [0.2, 0.25) is 0 Å². The number of hydrogen-bond acceptors (Lipinski definition) is 4. The fourth-order valence-electron chi connectivity index (χ4n) is 0.463. The Hall–Kier alpha value is -0.630. The highest BCUT2D eigenvalue weighted by molar-refractivity contribution is 5.03. The second-order valence-electron chi connectivity index (χ2n) is 2.25. The van der Waals surface area contributed by atoms with Gasteiger partial charge < -0.3 is 10.2 Å². The number of nitriles is 1. The molecule has 1 unspecified atom stereocenters. The molecular formula is C6H12N2O2. The summed E-state index contributed by atoms with van der Waals surface area (Å²) in [5.74, 6) is 0. The van der Waals surface area contributed by atoms with Crippen LogP contribution in [0.15, 0.2) is 0 Å². The van der Waals surface area contributed by atoms with Crippen molar-refractivity contribution < 1.29 is 10.2 Å². The van der Waals surface area contributed by atoms with Crippen LogP contribution >= 0.6 is 0 Å². The molecule has 0 saturated carbocycles. The van der Waals surface area contributed by atoms with Crippen molar-refractivity contribution in [2.24, 2.45) is 0 Å². The van der Waals surface area contributed by atoms with Crippen LogP contribution in [0.3, 0.4) is 0 Å². The van der Waals surface area contributed by atoms with E-state index in [0.29, 0.717) is 6.54 Å². The lowest BCUT2D eigenvalue weighted by atomic mass is 10.1. The van der Waals surface area contributed by atoms with Gasteiger partial charge in [-0.25, -0.2) is 0 Å². The van der Waals surface area contributed by atoms with Crippen molar-refractivity contribution in [2.45, 2.75) is 12.5 Å². The third kappa shape index (κ3) is 2.78. The smallest absolute Gasteiger partial charge is 0.127 e. The lowest BCUT2D eigenvalue weighted by Gasteiger charge is -2.19. The lowest BCUT2D eigenvalue weighted by molar-refractivity contribution is 0.199. The molecule has 0 bridgehead atoms. The molecule has 58 valence electrons. The van der Waals surface area contributed by atoms with Gasteiger partial charge in [-0.1, -0.05) is 0 Å². The van der Waals surface area contributed by atoms with Gasteiger partial charge in [0.1, 0.15) is 5.54 Å². The number of aliphatic hydroxyl groups excluding tert-OH is 2. The summed E-state index contributed by atoms with van der Waals surface area (Å²) in [6.07, 6.45) is 0. The molecule has 0 spiro atoms. The molecule has 0 aromatic carbocycles. The van der Waals surface area contributed by atoms with E-state index >= 15 is 0 Å². The van der Waals surface area contributed by atoms with Crippen molar-refractivity contribution in [2.75, 3.05) is 19.8 Å². The van der Waals surface area contributed by atoms with Gasteiger partial charge in [0.05, 0.1) is 19.3 Å². The summed E-state index contributed by atoms with van der Waals surface area (Å²) in [7, 11) is 0. The number of rotatable bonds is 4. The average Bonchev–Trinajstić information content (AvgIpc) is 2.00. The van der Waals surface area contributed by atoms with Crippen LogP contribution in [0.2, 0.25) is 0 Å². The first-order valence-electron chi connectivity index (χ1n) is 3.06. The van der Waals surface area contributed by atoms with Crippen molar-refractivity contribution >= 4 is 0 Å². The Balaban J connectivity index is 3.72. The van der Waals surface area contributed by atoms with Crippen LogP contribution in [0.4, 0.5) is 0 Å². The molecular weight excluding hydrogens is 132 g/mol. The average molecular weight is 144 g/mol. The zero-order valence-corrected chi connectivity index (χ0v) is 5.96. The van der Waals surface area contributed by atoms with Gasteiger partial charge in [-0.2, -0.15) is 5.26 Å². The van der Waals surface area contributed by atoms with E-state index in [1.165, 1.54) is 0 Å². The lowest BCUT2D eigenvalue weighted by Crippen LogP contribution is -2.45. The van der Waals surface area contributed by atoms with E-state index in [1.807, 2.05) is 6.07 Å². The number of β-amino-alcohol motifs (C(OH)–C–C–N with tert-alkyl or cyclic N) is 1. The minimum Gasteiger partial charge on any atom is -0.395 e. The summed E-state index contributed by atoms with van der Waals surface area (Å²) in [6, 6.07) is 1.89. The predicted octanol–water partition coefficient (Wildman–Crippen LogP) is -1.16. The maximum atomic E-state index is 8.65. The number of nitrogens with one attached hydrogen (secondary N) is 1. The van der Waals surface area contributed by atoms with E-state index in [4.69, 9.17) is 15.5 Å². The molecule has 1 atom stereocenters. The van der Waals surface area contributed by atoms with Crippen LogP contribution in [-0.4, -0.2) is 35.5 Å². The second kappa shape index (κ2) is 4.23. The molecule has 0 heterocycles. The van der Waals surface area contributed by atoms with Gasteiger partial charge in [-0.3, -0.25) is 5.32 Å². The van der Waals surface area contributed by atoms with Crippen LogP contribution in [0, 0.1) is 11.3 Å². The topological polar surface area (TPSA) is 76.3 Å². The summed E-state index contributed by atoms with van der Waals surface area (Å²) >= 11 is 0. The Morgan fingerprint density at radius 3 is 2.50 bits per heavy atom. The van der Waals surface area contributed by atoms with Crippen molar-refractivity contribution in [1.29, 1.82) is 5.26 Å². The molecule has 10 heavy (non-hydrogen) atoms. The Labute approximate surface area is 60.1 Å². The van der Waals surface area contributed by atoms with Crippen LogP contribution in [-0.2, 0) is 0 Å². The molecule has 0 aromatic heterocycles. The first kappa shape index (κ1) is 9.37. The minimum absolute atomic E-state index is 0.0305. The Morgan fingerprint density at radius 2 is 2.20 bits per heavy atom. The van der Waals surface area contributed by atoms with Crippen molar-refractivity contribution in [3.05, 3.63) is 0 Å². The Morgan fingerprint density at radius 1 is 1.60 bits per heavy atom. The highest BCUT2D eigenvalue weighted by Crippen LogP contribution is 1.97. The van der Waals surface area contributed by atoms with Crippen molar-refractivity contribution in [1.82, 2.24) is 5.32 Å². The molecule has 0 amide bonds. The standard InChI is InChI=1S/C6H12N2O2/c1-6(4-7,5-10)8-2-3-9/h8-10H,2-3,5H2,1H3. The zero-order valence-electron chi connectivity index (χ0n) is 5.96. The molecule has 0 aliphatic rings. The van der Waals surface area contributed by atoms with Crippen molar-refractivity contribution in [3.63, 3.8) is 0 Å². The van der Waals surface area contributed by atoms with Gasteiger partial charge in [0, 0.05) is 6.54 Å². The summed E-state index contributed by atoms with van der Waals surface area (Å²) in [5, 5.41) is 28.2. The third-order valence-electron chi connectivity index (χ3n) is 1.19. The fraction of sp³-hybridized carbons (Fsp3) is 0.833. The molecule has 0 radical (unpaired) electrons. The molecule has 0 saturated heterocycles. The molecule has 0 fully saturated rings. The van der Waals surface area contributed by atoms with E-state index in [2.05, 4.69) is 5.32 Å². The summed E-state index contributed by atoms with van der Waals surface area (Å²) in [6.45, 7) is 1.62. The first-order valence-corrected chi connectivity index (χ1v) is 3.06. The quantitative estimate of drug-likeness (QED) is 0.465. The second-order valence-corrected chi connectivity index (χ2v) is 2.25. The highest BCUT2D eigenvalue weighted by Gasteiger charge is 2.20. The number of nitrogens with zero attached hydrogens (tertiary/aromatic N) is 1. The van der Waals surface area contributed by atoms with Gasteiger partial charge in [0.25, 0.3) is 0 Å². The zero-order chi connectivity index (χ0) is 8.04. The summed E-state index contributed by atoms with van der Waals surface area (Å²) in [4.78, 5) is 0. The predicted molar refractivity (Wildman–Crippen MR) is 36.2 cm³/mol. The van der Waals surface area contributed by atoms with Gasteiger partial charge in [-0.05, 0) is 6.92 Å². The van der Waals surface area contributed by atoms with E-state index in [9.17, 15) is 0 Å². The van der Waals surface area contributed by atoms with E-state index in [0.717, 1.165) is 0 Å². The van der Waals surface area contributed by atoms with Gasteiger partial charge >= 0.3 is 0 Å². The summed E-state index contributed by atoms with van der Waals surface area (Å²) < 4.78 is 0. The molecule has 0 aromatic rings. The molecule has 4 nitrogen and oxygen atoms in total. The molecule has 0 aliphatic carbocycles. The van der Waals surface area contributed by atoms with E-state index in [-0.39, 0.29) is 13.2 Å². The minimum atomic E-state index is -0.914. The van der Waals surface area contributed by atoms with E-state index < -0.39 is 5.54 Å². The Kier molecular flexibility index (Phi) is 3.96. The molecule has 0 rings (SSSR count). The first-order chi connectivity index (χ1) is 4.68. The largest absolute Gasteiger partial charge is 0.395 e. The highest BCUT2D eigenvalue weighted by atomic mass is 16.3. The Bertz CT molecular complexity index is 132. The normalized spacial score (nSPS) is 15.8.